The lowest BCUT2D eigenvalue weighted by atomic mass is 9.97. The molecule has 3 heterocycles. The van der Waals surface area contributed by atoms with Crippen molar-refractivity contribution >= 4 is 5.82 Å². The van der Waals surface area contributed by atoms with Crippen LogP contribution in [0.4, 0.5) is 19.0 Å². The molecule has 0 radical (unpaired) electrons. The maximum Gasteiger partial charge on any atom is 0.417 e. The van der Waals surface area contributed by atoms with Gasteiger partial charge in [0.05, 0.1) is 5.56 Å². The van der Waals surface area contributed by atoms with E-state index < -0.39 is 11.7 Å². The molecule has 0 aromatic carbocycles. The summed E-state index contributed by atoms with van der Waals surface area (Å²) in [4.78, 5) is 10.4. The van der Waals surface area contributed by atoms with Gasteiger partial charge in [0, 0.05) is 31.1 Å². The molecule has 2 aromatic heterocycles. The maximum atomic E-state index is 12.6. The van der Waals surface area contributed by atoms with E-state index in [-0.39, 0.29) is 11.8 Å². The van der Waals surface area contributed by atoms with Crippen LogP contribution in [0.2, 0.25) is 0 Å². The summed E-state index contributed by atoms with van der Waals surface area (Å²) < 4.78 is 43.1. The summed E-state index contributed by atoms with van der Waals surface area (Å²) >= 11 is 0. The third kappa shape index (κ3) is 3.52. The lowest BCUT2D eigenvalue weighted by Gasteiger charge is -2.32. The van der Waals surface area contributed by atoms with E-state index in [1.54, 1.807) is 0 Å². The second-order valence-electron chi connectivity index (χ2n) is 6.33. The van der Waals surface area contributed by atoms with Crippen LogP contribution in [-0.4, -0.2) is 28.2 Å². The van der Waals surface area contributed by atoms with Crippen molar-refractivity contribution in [3.05, 3.63) is 35.6 Å². The second-order valence-corrected chi connectivity index (χ2v) is 6.33. The van der Waals surface area contributed by atoms with Gasteiger partial charge in [-0.05, 0) is 25.0 Å². The standard InChI is InChI=1S/C16H19F3N4O/c1-10(2)15-21-14(22-24-15)11-4-3-7-23(9-11)13-6-5-12(8-20-13)16(17,18)19/h5-6,8,10-11H,3-4,7,9H2,1-2H3. The van der Waals surface area contributed by atoms with Gasteiger partial charge in [0.2, 0.25) is 5.89 Å². The molecule has 1 fully saturated rings. The molecule has 1 aliphatic rings. The molecule has 0 saturated carbocycles. The molecule has 0 spiro atoms. The SMILES string of the molecule is CC(C)c1nc(C2CCCN(c3ccc(C(F)(F)F)cn3)C2)no1. The Balaban J connectivity index is 1.73. The van der Waals surface area contributed by atoms with E-state index in [0.717, 1.165) is 31.6 Å². The molecule has 1 saturated heterocycles. The number of hydrogen-bond donors (Lipinski definition) is 0. The van der Waals surface area contributed by atoms with Crippen molar-refractivity contribution in [1.29, 1.82) is 0 Å². The topological polar surface area (TPSA) is 55.1 Å². The Morgan fingerprint density at radius 2 is 2.08 bits per heavy atom. The van der Waals surface area contributed by atoms with Crippen molar-refractivity contribution in [2.75, 3.05) is 18.0 Å². The van der Waals surface area contributed by atoms with Gasteiger partial charge in [-0.15, -0.1) is 0 Å². The monoisotopic (exact) mass is 340 g/mol. The molecule has 2 aromatic rings. The zero-order valence-electron chi connectivity index (χ0n) is 13.5. The third-order valence-electron chi connectivity index (χ3n) is 4.14. The number of nitrogens with zero attached hydrogens (tertiary/aromatic N) is 4. The van der Waals surface area contributed by atoms with Crippen LogP contribution in [0.1, 0.15) is 55.8 Å². The molecular formula is C16H19F3N4O. The van der Waals surface area contributed by atoms with E-state index in [4.69, 9.17) is 4.52 Å². The van der Waals surface area contributed by atoms with Crippen LogP contribution in [-0.2, 0) is 6.18 Å². The Kier molecular flexibility index (Phi) is 4.47. The smallest absolute Gasteiger partial charge is 0.356 e. The highest BCUT2D eigenvalue weighted by atomic mass is 19.4. The van der Waals surface area contributed by atoms with Crippen molar-refractivity contribution in [3.8, 4) is 0 Å². The minimum absolute atomic E-state index is 0.0964. The molecule has 1 aliphatic heterocycles. The van der Waals surface area contributed by atoms with E-state index in [1.807, 2.05) is 18.7 Å². The van der Waals surface area contributed by atoms with Gasteiger partial charge in [0.1, 0.15) is 5.82 Å². The van der Waals surface area contributed by atoms with Crippen LogP contribution in [0.25, 0.3) is 0 Å². The van der Waals surface area contributed by atoms with Crippen LogP contribution in [0.5, 0.6) is 0 Å². The number of aromatic nitrogens is 3. The van der Waals surface area contributed by atoms with Crippen molar-refractivity contribution in [3.63, 3.8) is 0 Å². The Labute approximate surface area is 137 Å². The summed E-state index contributed by atoms with van der Waals surface area (Å²) in [5.41, 5.74) is -0.737. The molecule has 0 aliphatic carbocycles. The highest BCUT2D eigenvalue weighted by Gasteiger charge is 2.31. The molecule has 1 unspecified atom stereocenters. The number of halogens is 3. The van der Waals surface area contributed by atoms with E-state index in [1.165, 1.54) is 6.07 Å². The molecule has 0 N–H and O–H groups in total. The van der Waals surface area contributed by atoms with Crippen molar-refractivity contribution in [2.45, 2.75) is 44.7 Å². The summed E-state index contributed by atoms with van der Waals surface area (Å²) in [6.45, 7) is 5.34. The fourth-order valence-electron chi connectivity index (χ4n) is 2.78. The zero-order valence-corrected chi connectivity index (χ0v) is 13.5. The van der Waals surface area contributed by atoms with Crippen molar-refractivity contribution < 1.29 is 17.7 Å². The molecule has 24 heavy (non-hydrogen) atoms. The molecule has 0 amide bonds. The minimum Gasteiger partial charge on any atom is -0.356 e. The highest BCUT2D eigenvalue weighted by Crippen LogP contribution is 2.31. The first-order valence-corrected chi connectivity index (χ1v) is 7.96. The molecule has 5 nitrogen and oxygen atoms in total. The van der Waals surface area contributed by atoms with E-state index in [0.29, 0.717) is 24.1 Å². The molecule has 1 atom stereocenters. The Morgan fingerprint density at radius 3 is 2.67 bits per heavy atom. The third-order valence-corrected chi connectivity index (χ3v) is 4.14. The number of piperidine rings is 1. The molecule has 8 heteroatoms. The van der Waals surface area contributed by atoms with Crippen LogP contribution in [0.15, 0.2) is 22.9 Å². The van der Waals surface area contributed by atoms with Gasteiger partial charge in [-0.25, -0.2) is 4.98 Å². The quantitative estimate of drug-likeness (QED) is 0.845. The Morgan fingerprint density at radius 1 is 1.29 bits per heavy atom. The average molecular weight is 340 g/mol. The second kappa shape index (κ2) is 6.41. The normalized spacial score (nSPS) is 19.1. The van der Waals surface area contributed by atoms with Gasteiger partial charge in [0.25, 0.3) is 0 Å². The number of anilines is 1. The number of pyridine rings is 1. The molecule has 0 bridgehead atoms. The molecule has 130 valence electrons. The average Bonchev–Trinajstić information content (AvgIpc) is 3.05. The highest BCUT2D eigenvalue weighted by molar-refractivity contribution is 5.41. The van der Waals surface area contributed by atoms with Crippen LogP contribution in [0.3, 0.4) is 0 Å². The molecule has 3 rings (SSSR count). The predicted molar refractivity (Wildman–Crippen MR) is 81.8 cm³/mol. The summed E-state index contributed by atoms with van der Waals surface area (Å²) in [6.07, 6.45) is -1.66. The number of hydrogen-bond acceptors (Lipinski definition) is 5. The maximum absolute atomic E-state index is 12.6. The van der Waals surface area contributed by atoms with Gasteiger partial charge in [0.15, 0.2) is 5.82 Å². The van der Waals surface area contributed by atoms with Crippen molar-refractivity contribution in [1.82, 2.24) is 15.1 Å². The van der Waals surface area contributed by atoms with E-state index in [9.17, 15) is 13.2 Å². The summed E-state index contributed by atoms with van der Waals surface area (Å²) in [5, 5.41) is 4.05. The summed E-state index contributed by atoms with van der Waals surface area (Å²) in [6, 6.07) is 2.48. The van der Waals surface area contributed by atoms with Gasteiger partial charge in [-0.1, -0.05) is 19.0 Å². The largest absolute Gasteiger partial charge is 0.417 e. The fourth-order valence-corrected chi connectivity index (χ4v) is 2.78. The first-order valence-electron chi connectivity index (χ1n) is 7.96. The summed E-state index contributed by atoms with van der Waals surface area (Å²) in [7, 11) is 0. The van der Waals surface area contributed by atoms with Gasteiger partial charge >= 0.3 is 6.18 Å². The lowest BCUT2D eigenvalue weighted by Crippen LogP contribution is -2.35. The zero-order chi connectivity index (χ0) is 17.3. The Hall–Kier alpha value is -2.12. The first kappa shape index (κ1) is 16.7. The molecular weight excluding hydrogens is 321 g/mol. The van der Waals surface area contributed by atoms with Crippen LogP contribution in [0, 0.1) is 0 Å². The van der Waals surface area contributed by atoms with Gasteiger partial charge in [-0.2, -0.15) is 18.2 Å². The fraction of sp³-hybridized carbons (Fsp3) is 0.562. The Bertz CT molecular complexity index is 681. The lowest BCUT2D eigenvalue weighted by molar-refractivity contribution is -0.137. The summed E-state index contributed by atoms with van der Waals surface area (Å²) in [5.74, 6) is 2.08. The van der Waals surface area contributed by atoms with Gasteiger partial charge < -0.3 is 9.42 Å². The number of alkyl halides is 3. The van der Waals surface area contributed by atoms with Gasteiger partial charge in [-0.3, -0.25) is 0 Å². The van der Waals surface area contributed by atoms with Crippen molar-refractivity contribution in [2.24, 2.45) is 0 Å². The van der Waals surface area contributed by atoms with Crippen LogP contribution < -0.4 is 4.90 Å². The minimum atomic E-state index is -4.37. The van der Waals surface area contributed by atoms with E-state index in [2.05, 4.69) is 15.1 Å². The van der Waals surface area contributed by atoms with E-state index >= 15 is 0 Å². The predicted octanol–water partition coefficient (Wildman–Crippen LogP) is 3.99. The van der Waals surface area contributed by atoms with Crippen LogP contribution >= 0.6 is 0 Å². The number of rotatable bonds is 3. The first-order chi connectivity index (χ1) is 11.3.